The average molecular weight is 252 g/mol. The third-order valence-corrected chi connectivity index (χ3v) is 1.77. The Balaban J connectivity index is -0.000000240. The number of carbonyl (C=O) groups is 1. The van der Waals surface area contributed by atoms with E-state index in [0.717, 1.165) is 12.8 Å². The second kappa shape index (κ2) is 8.91. The number of rotatable bonds is 6. The van der Waals surface area contributed by atoms with E-state index in [1.807, 2.05) is 6.92 Å². The van der Waals surface area contributed by atoms with E-state index in [1.54, 1.807) is 0 Å². The van der Waals surface area contributed by atoms with Crippen molar-refractivity contribution in [3.63, 3.8) is 0 Å². The van der Waals surface area contributed by atoms with Crippen molar-refractivity contribution in [2.45, 2.75) is 32.6 Å². The van der Waals surface area contributed by atoms with Crippen LogP contribution in [0.5, 0.6) is 0 Å². The number of ether oxygens (including phenoxy) is 1. The molecule has 5 nitrogen and oxygen atoms in total. The van der Waals surface area contributed by atoms with Crippen LogP contribution in [-0.4, -0.2) is 62.6 Å². The summed E-state index contributed by atoms with van der Waals surface area (Å²) in [6.45, 7) is 1.99. The smallest absolute Gasteiger partial charge is 1.00 e. The van der Waals surface area contributed by atoms with E-state index < -0.39 is 22.0 Å². The standard InChI is InChI=1S/C7H14O5S.Ca.2H/c1-2-3-4-5-7(8)12-6-13(9,10)11;;;/h2-6H2,1H3,(H,9,10,11);;;/q;+2;2*-1. The molecule has 0 fully saturated rings. The van der Waals surface area contributed by atoms with E-state index in [9.17, 15) is 13.2 Å². The van der Waals surface area contributed by atoms with Crippen LogP contribution in [0.15, 0.2) is 0 Å². The van der Waals surface area contributed by atoms with Gasteiger partial charge >= 0.3 is 53.8 Å². The summed E-state index contributed by atoms with van der Waals surface area (Å²) in [7, 11) is -4.19. The van der Waals surface area contributed by atoms with Crippen molar-refractivity contribution in [1.29, 1.82) is 0 Å². The van der Waals surface area contributed by atoms with E-state index in [0.29, 0.717) is 6.42 Å². The van der Waals surface area contributed by atoms with Crippen molar-refractivity contribution in [2.75, 3.05) is 5.94 Å². The third-order valence-electron chi connectivity index (χ3n) is 1.35. The van der Waals surface area contributed by atoms with Crippen LogP contribution in [0.1, 0.15) is 35.5 Å². The minimum Gasteiger partial charge on any atom is -1.00 e. The van der Waals surface area contributed by atoms with E-state index in [-0.39, 0.29) is 47.0 Å². The normalized spacial score (nSPS) is 10.4. The molecule has 0 saturated carbocycles. The van der Waals surface area contributed by atoms with E-state index >= 15 is 0 Å². The van der Waals surface area contributed by atoms with Crippen molar-refractivity contribution in [3.05, 3.63) is 0 Å². The molecule has 0 rings (SSSR count). The van der Waals surface area contributed by atoms with Crippen LogP contribution in [0, 0.1) is 0 Å². The molecule has 0 aliphatic heterocycles. The maximum Gasteiger partial charge on any atom is 2.00 e. The number of hydrogen-bond donors (Lipinski definition) is 1. The molecule has 0 amide bonds. The summed E-state index contributed by atoms with van der Waals surface area (Å²) < 4.78 is 32.8. The van der Waals surface area contributed by atoms with Crippen LogP contribution < -0.4 is 0 Å². The Morgan fingerprint density at radius 2 is 2.00 bits per heavy atom. The maximum absolute atomic E-state index is 10.8. The second-order valence-corrected chi connectivity index (χ2v) is 4.07. The molecule has 0 radical (unpaired) electrons. The van der Waals surface area contributed by atoms with Crippen molar-refractivity contribution in [1.82, 2.24) is 0 Å². The first kappa shape index (κ1) is 17.0. The molecule has 1 N–H and O–H groups in total. The molecule has 0 heterocycles. The van der Waals surface area contributed by atoms with Crippen LogP contribution in [0.4, 0.5) is 0 Å². The van der Waals surface area contributed by atoms with Gasteiger partial charge < -0.3 is 7.59 Å². The summed E-state index contributed by atoms with van der Waals surface area (Å²) >= 11 is 0. The Bertz CT molecular complexity index is 258. The molecule has 0 saturated heterocycles. The number of hydrogen-bond acceptors (Lipinski definition) is 4. The molecule has 0 spiro atoms. The molecule has 0 atom stereocenters. The molecule has 0 unspecified atom stereocenters. The molecule has 82 valence electrons. The quantitative estimate of drug-likeness (QED) is 0.327. The molecule has 0 aromatic heterocycles. The maximum atomic E-state index is 10.8. The zero-order valence-electron chi connectivity index (χ0n) is 10.2. The number of esters is 1. The van der Waals surface area contributed by atoms with Gasteiger partial charge in [0.15, 0.2) is 0 Å². The number of unbranched alkanes of at least 4 members (excludes halogenated alkanes) is 2. The fourth-order valence-corrected chi connectivity index (χ4v) is 1.01. The van der Waals surface area contributed by atoms with Gasteiger partial charge in [-0.3, -0.25) is 9.35 Å². The predicted molar refractivity (Wildman–Crippen MR) is 54.6 cm³/mol. The van der Waals surface area contributed by atoms with Gasteiger partial charge in [0.05, 0.1) is 0 Å². The molecule has 0 aliphatic carbocycles. The van der Waals surface area contributed by atoms with Crippen molar-refractivity contribution >= 4 is 53.8 Å². The fraction of sp³-hybridized carbons (Fsp3) is 0.857. The first-order chi connectivity index (χ1) is 5.95. The van der Waals surface area contributed by atoms with Gasteiger partial charge in [0.1, 0.15) is 0 Å². The van der Waals surface area contributed by atoms with E-state index in [1.165, 1.54) is 0 Å². The molecular weight excluding hydrogens is 236 g/mol. The Morgan fingerprint density at radius 3 is 2.43 bits per heavy atom. The second-order valence-electron chi connectivity index (χ2n) is 2.67. The van der Waals surface area contributed by atoms with Crippen LogP contribution in [0.3, 0.4) is 0 Å². The minimum atomic E-state index is -4.19. The van der Waals surface area contributed by atoms with Gasteiger partial charge in [-0.25, -0.2) is 0 Å². The van der Waals surface area contributed by atoms with Crippen molar-refractivity contribution < 1.29 is 25.4 Å². The topological polar surface area (TPSA) is 80.7 Å². The summed E-state index contributed by atoms with van der Waals surface area (Å²) in [6, 6.07) is 0. The zero-order valence-corrected chi connectivity index (χ0v) is 11.3. The van der Waals surface area contributed by atoms with Gasteiger partial charge in [-0.1, -0.05) is 19.8 Å². The van der Waals surface area contributed by atoms with Crippen LogP contribution in [0.25, 0.3) is 0 Å². The monoisotopic (exact) mass is 252 g/mol. The van der Waals surface area contributed by atoms with Crippen LogP contribution in [-0.2, 0) is 19.6 Å². The van der Waals surface area contributed by atoms with Gasteiger partial charge in [0.2, 0.25) is 5.94 Å². The third kappa shape index (κ3) is 12.6. The first-order valence-corrected chi connectivity index (χ1v) is 5.67. The van der Waals surface area contributed by atoms with Crippen LogP contribution in [0.2, 0.25) is 0 Å². The van der Waals surface area contributed by atoms with Gasteiger partial charge in [0, 0.05) is 6.42 Å². The summed E-state index contributed by atoms with van der Waals surface area (Å²) in [5.74, 6) is -1.54. The molecule has 0 aromatic rings. The largest absolute Gasteiger partial charge is 2.00 e. The average Bonchev–Trinajstić information content (AvgIpc) is 2.00. The Kier molecular flexibility index (Phi) is 10.8. The van der Waals surface area contributed by atoms with Crippen molar-refractivity contribution in [2.24, 2.45) is 0 Å². The summed E-state index contributed by atoms with van der Waals surface area (Å²) in [4.78, 5) is 10.8. The van der Waals surface area contributed by atoms with Crippen LogP contribution >= 0.6 is 0 Å². The molecule has 14 heavy (non-hydrogen) atoms. The molecule has 0 aliphatic rings. The SMILES string of the molecule is CCCCCC(=O)OCS(=O)(=O)O.[Ca+2].[H-].[H-]. The molecule has 0 aromatic carbocycles. The fourth-order valence-electron chi connectivity index (χ4n) is 0.732. The van der Waals surface area contributed by atoms with E-state index in [4.69, 9.17) is 4.55 Å². The molecule has 7 heteroatoms. The summed E-state index contributed by atoms with van der Waals surface area (Å²) in [5, 5.41) is 0. The van der Waals surface area contributed by atoms with E-state index in [2.05, 4.69) is 4.74 Å². The van der Waals surface area contributed by atoms with Crippen molar-refractivity contribution in [3.8, 4) is 0 Å². The summed E-state index contributed by atoms with van der Waals surface area (Å²) in [6.07, 6.45) is 2.76. The minimum absolute atomic E-state index is 0. The van der Waals surface area contributed by atoms with Gasteiger partial charge in [0.25, 0.3) is 0 Å². The Morgan fingerprint density at radius 1 is 1.43 bits per heavy atom. The predicted octanol–water partition coefficient (Wildman–Crippen LogP) is 0.799. The van der Waals surface area contributed by atoms with Gasteiger partial charge in [-0.2, -0.15) is 8.42 Å². The zero-order chi connectivity index (χ0) is 10.3. The number of carbonyl (C=O) groups excluding carboxylic acids is 1. The molecular formula is C7H16CaO5S. The summed E-state index contributed by atoms with van der Waals surface area (Å²) in [5.41, 5.74) is 0. The van der Waals surface area contributed by atoms with Gasteiger partial charge in [-0.15, -0.1) is 0 Å². The molecule has 0 bridgehead atoms. The van der Waals surface area contributed by atoms with Gasteiger partial charge in [-0.05, 0) is 6.42 Å². The first-order valence-electron chi connectivity index (χ1n) is 4.06. The Labute approximate surface area is 117 Å². The Hall–Kier alpha value is 0.640.